The second kappa shape index (κ2) is 5.58. The summed E-state index contributed by atoms with van der Waals surface area (Å²) in [6, 6.07) is 6.63. The average molecular weight is 241 g/mol. The van der Waals surface area contributed by atoms with Gasteiger partial charge in [-0.15, -0.1) is 0 Å². The molecule has 0 aliphatic rings. The summed E-state index contributed by atoms with van der Waals surface area (Å²) in [6.07, 6.45) is 0.875. The normalized spacial score (nSPS) is 14.1. The van der Waals surface area contributed by atoms with Crippen molar-refractivity contribution in [2.75, 3.05) is 6.54 Å². The molecule has 0 saturated heterocycles. The number of nitrogens with two attached hydrogens (primary N) is 1. The van der Waals surface area contributed by atoms with Crippen molar-refractivity contribution in [3.05, 3.63) is 35.4 Å². The summed E-state index contributed by atoms with van der Waals surface area (Å²) in [5.41, 5.74) is 6.65. The Bertz CT molecular complexity index is 344. The third kappa shape index (κ3) is 3.25. The monoisotopic (exact) mass is 241 g/mol. The lowest BCUT2D eigenvalue weighted by Gasteiger charge is -2.21. The second-order valence-electron chi connectivity index (χ2n) is 4.88. The van der Waals surface area contributed by atoms with Crippen LogP contribution < -0.4 is 5.73 Å². The van der Waals surface area contributed by atoms with E-state index in [4.69, 9.17) is 5.73 Å². The number of rotatable bonds is 5. The Hall–Kier alpha value is -0.960. The summed E-state index contributed by atoms with van der Waals surface area (Å²) in [5.74, 6) is -3.12. The molecule has 1 unspecified atom stereocenters. The molecule has 1 aromatic carbocycles. The Morgan fingerprint density at radius 2 is 1.65 bits per heavy atom. The van der Waals surface area contributed by atoms with Gasteiger partial charge in [-0.05, 0) is 24.4 Å². The molecule has 2 N–H and O–H groups in total. The molecule has 0 radical (unpaired) electrons. The summed E-state index contributed by atoms with van der Waals surface area (Å²) in [6.45, 7) is 5.74. The van der Waals surface area contributed by atoms with Gasteiger partial charge >= 0.3 is 0 Å². The van der Waals surface area contributed by atoms with E-state index in [2.05, 4.69) is 6.92 Å². The van der Waals surface area contributed by atoms with E-state index in [-0.39, 0.29) is 5.56 Å². The highest BCUT2D eigenvalue weighted by atomic mass is 19.3. The van der Waals surface area contributed by atoms with Gasteiger partial charge in [0.1, 0.15) is 0 Å². The first-order valence-electron chi connectivity index (χ1n) is 6.08. The Balaban J connectivity index is 2.88. The molecule has 17 heavy (non-hydrogen) atoms. The minimum atomic E-state index is -2.75. The third-order valence-electron chi connectivity index (χ3n) is 3.19. The summed E-state index contributed by atoms with van der Waals surface area (Å²) in [4.78, 5) is 0. The number of benzene rings is 1. The highest BCUT2D eigenvalue weighted by Gasteiger charge is 2.35. The quantitative estimate of drug-likeness (QED) is 0.831. The molecule has 0 fully saturated rings. The Morgan fingerprint density at radius 3 is 2.06 bits per heavy atom. The van der Waals surface area contributed by atoms with Gasteiger partial charge in [-0.3, -0.25) is 0 Å². The zero-order chi connectivity index (χ0) is 13.1. The van der Waals surface area contributed by atoms with E-state index in [0.717, 1.165) is 12.0 Å². The molecule has 96 valence electrons. The number of hydrogen-bond acceptors (Lipinski definition) is 1. The number of alkyl halides is 2. The highest BCUT2D eigenvalue weighted by Crippen LogP contribution is 2.36. The van der Waals surface area contributed by atoms with Crippen LogP contribution in [0.3, 0.4) is 0 Å². The highest BCUT2D eigenvalue weighted by molar-refractivity contribution is 5.28. The van der Waals surface area contributed by atoms with Gasteiger partial charge in [0.05, 0.1) is 0 Å². The molecule has 1 aromatic rings. The molecular formula is C14H21F2N. The maximum atomic E-state index is 13.7. The number of halogens is 2. The molecule has 0 spiro atoms. The summed E-state index contributed by atoms with van der Waals surface area (Å²) in [5, 5.41) is 0. The fraction of sp³-hybridized carbons (Fsp3) is 0.571. The predicted molar refractivity (Wildman–Crippen MR) is 67.3 cm³/mol. The Morgan fingerprint density at radius 1 is 1.12 bits per heavy atom. The van der Waals surface area contributed by atoms with Crippen LogP contribution in [-0.4, -0.2) is 6.54 Å². The molecule has 0 amide bonds. The van der Waals surface area contributed by atoms with Crippen LogP contribution in [0.2, 0.25) is 0 Å². The van der Waals surface area contributed by atoms with E-state index in [1.54, 1.807) is 12.1 Å². The average Bonchev–Trinajstić information content (AvgIpc) is 2.29. The van der Waals surface area contributed by atoms with Crippen LogP contribution in [0.25, 0.3) is 0 Å². The smallest absolute Gasteiger partial charge is 0.275 e. The van der Waals surface area contributed by atoms with E-state index in [9.17, 15) is 8.78 Å². The molecule has 3 heteroatoms. The van der Waals surface area contributed by atoms with E-state index >= 15 is 0 Å². The van der Waals surface area contributed by atoms with Gasteiger partial charge in [0.25, 0.3) is 5.92 Å². The fourth-order valence-electron chi connectivity index (χ4n) is 1.78. The Labute approximate surface area is 102 Å². The van der Waals surface area contributed by atoms with Gasteiger partial charge in [0, 0.05) is 11.5 Å². The zero-order valence-corrected chi connectivity index (χ0v) is 10.7. The number of hydrogen-bond donors (Lipinski definition) is 1. The minimum absolute atomic E-state index is 0.0937. The summed E-state index contributed by atoms with van der Waals surface area (Å²) < 4.78 is 27.5. The summed E-state index contributed by atoms with van der Waals surface area (Å²) >= 11 is 0. The van der Waals surface area contributed by atoms with Crippen molar-refractivity contribution >= 4 is 0 Å². The van der Waals surface area contributed by atoms with E-state index in [1.807, 2.05) is 0 Å². The standard InChI is InChI=1S/C14H21F2N/c1-10(2)14(15,16)13-6-4-12(5-7-13)11(3)8-9-17/h4-7,10-11H,8-9,17H2,1-3H3. The van der Waals surface area contributed by atoms with Gasteiger partial charge in [-0.2, -0.15) is 0 Å². The van der Waals surface area contributed by atoms with Crippen LogP contribution in [0.15, 0.2) is 24.3 Å². The third-order valence-corrected chi connectivity index (χ3v) is 3.19. The first-order chi connectivity index (χ1) is 7.89. The molecule has 1 rings (SSSR count). The molecule has 0 heterocycles. The van der Waals surface area contributed by atoms with Crippen LogP contribution in [0, 0.1) is 5.92 Å². The van der Waals surface area contributed by atoms with Crippen molar-refractivity contribution in [1.29, 1.82) is 0 Å². The molecule has 0 aliphatic heterocycles. The molecule has 1 nitrogen and oxygen atoms in total. The first-order valence-corrected chi connectivity index (χ1v) is 6.08. The maximum Gasteiger partial charge on any atom is 0.275 e. The molecule has 0 aliphatic carbocycles. The van der Waals surface area contributed by atoms with Gasteiger partial charge < -0.3 is 5.73 Å². The van der Waals surface area contributed by atoms with Crippen LogP contribution in [0.1, 0.15) is 44.2 Å². The van der Waals surface area contributed by atoms with Crippen LogP contribution in [0.4, 0.5) is 8.78 Å². The lowest BCUT2D eigenvalue weighted by molar-refractivity contribution is -0.0513. The van der Waals surface area contributed by atoms with Crippen LogP contribution in [0.5, 0.6) is 0 Å². The van der Waals surface area contributed by atoms with Crippen molar-refractivity contribution in [2.45, 2.75) is 39.0 Å². The van der Waals surface area contributed by atoms with Crippen molar-refractivity contribution in [1.82, 2.24) is 0 Å². The van der Waals surface area contributed by atoms with Crippen LogP contribution >= 0.6 is 0 Å². The first kappa shape index (κ1) is 14.1. The molecule has 1 atom stereocenters. The largest absolute Gasteiger partial charge is 0.330 e. The van der Waals surface area contributed by atoms with E-state index < -0.39 is 11.8 Å². The van der Waals surface area contributed by atoms with Gasteiger partial charge in [-0.1, -0.05) is 45.0 Å². The van der Waals surface area contributed by atoms with Crippen molar-refractivity contribution < 1.29 is 8.78 Å². The SMILES string of the molecule is CC(CCN)c1ccc(C(F)(F)C(C)C)cc1. The maximum absolute atomic E-state index is 13.7. The molecule has 0 bridgehead atoms. The van der Waals surface area contributed by atoms with Gasteiger partial charge in [-0.25, -0.2) is 8.78 Å². The molecule has 0 saturated carbocycles. The lowest BCUT2D eigenvalue weighted by Crippen LogP contribution is -2.20. The van der Waals surface area contributed by atoms with E-state index in [1.165, 1.54) is 26.0 Å². The van der Waals surface area contributed by atoms with Crippen molar-refractivity contribution in [3.8, 4) is 0 Å². The molecule has 0 aromatic heterocycles. The van der Waals surface area contributed by atoms with Crippen molar-refractivity contribution in [2.24, 2.45) is 11.7 Å². The Kier molecular flexibility index (Phi) is 4.63. The molecular weight excluding hydrogens is 220 g/mol. The van der Waals surface area contributed by atoms with Gasteiger partial charge in [0.2, 0.25) is 0 Å². The minimum Gasteiger partial charge on any atom is -0.330 e. The van der Waals surface area contributed by atoms with Gasteiger partial charge in [0.15, 0.2) is 0 Å². The van der Waals surface area contributed by atoms with Crippen molar-refractivity contribution in [3.63, 3.8) is 0 Å². The topological polar surface area (TPSA) is 26.0 Å². The zero-order valence-electron chi connectivity index (χ0n) is 10.7. The fourth-order valence-corrected chi connectivity index (χ4v) is 1.78. The lowest BCUT2D eigenvalue weighted by atomic mass is 9.93. The summed E-state index contributed by atoms with van der Waals surface area (Å²) in [7, 11) is 0. The predicted octanol–water partition coefficient (Wildman–Crippen LogP) is 3.89. The van der Waals surface area contributed by atoms with E-state index in [0.29, 0.717) is 12.5 Å². The second-order valence-corrected chi connectivity index (χ2v) is 4.88. The van der Waals surface area contributed by atoms with Crippen LogP contribution in [-0.2, 0) is 5.92 Å².